The Labute approximate surface area is 93.3 Å². The molecular formula is C10H12O5S. The molecule has 1 aromatic carbocycles. The minimum Gasteiger partial charge on any atom is -0.507 e. The molecular weight excluding hydrogens is 232 g/mol. The van der Waals surface area contributed by atoms with E-state index in [1.807, 2.05) is 0 Å². The lowest BCUT2D eigenvalue weighted by molar-refractivity contribution is 0.0693. The van der Waals surface area contributed by atoms with Gasteiger partial charge < -0.3 is 10.2 Å². The summed E-state index contributed by atoms with van der Waals surface area (Å²) in [4.78, 5) is 10.6. The van der Waals surface area contributed by atoms with Gasteiger partial charge in [-0.2, -0.15) is 0 Å². The van der Waals surface area contributed by atoms with E-state index in [2.05, 4.69) is 0 Å². The molecule has 0 spiro atoms. The van der Waals surface area contributed by atoms with Gasteiger partial charge in [0.2, 0.25) is 0 Å². The summed E-state index contributed by atoms with van der Waals surface area (Å²) >= 11 is 0. The standard InChI is InChI=1S/C10H12O5S/c1-6(2)16(14,15)7-3-4-9(11)8(5-7)10(12)13/h3-6,11H,1-2H3,(H,12,13). The molecule has 0 aromatic heterocycles. The van der Waals surface area contributed by atoms with Crippen molar-refractivity contribution in [1.29, 1.82) is 0 Å². The van der Waals surface area contributed by atoms with Crippen molar-refractivity contribution >= 4 is 15.8 Å². The van der Waals surface area contributed by atoms with Crippen molar-refractivity contribution < 1.29 is 23.4 Å². The summed E-state index contributed by atoms with van der Waals surface area (Å²) in [6.07, 6.45) is 0. The third-order valence-corrected chi connectivity index (χ3v) is 4.30. The van der Waals surface area contributed by atoms with E-state index < -0.39 is 32.4 Å². The predicted molar refractivity (Wildman–Crippen MR) is 57.4 cm³/mol. The summed E-state index contributed by atoms with van der Waals surface area (Å²) in [5, 5.41) is 17.3. The van der Waals surface area contributed by atoms with Gasteiger partial charge in [-0.15, -0.1) is 0 Å². The molecule has 0 heterocycles. The van der Waals surface area contributed by atoms with Crippen molar-refractivity contribution in [2.45, 2.75) is 24.0 Å². The molecule has 88 valence electrons. The topological polar surface area (TPSA) is 91.7 Å². The number of benzene rings is 1. The van der Waals surface area contributed by atoms with Crippen LogP contribution in [0.3, 0.4) is 0 Å². The van der Waals surface area contributed by atoms with Crippen LogP contribution in [-0.2, 0) is 9.84 Å². The summed E-state index contributed by atoms with van der Waals surface area (Å²) in [7, 11) is -3.52. The molecule has 0 amide bonds. The zero-order valence-electron chi connectivity index (χ0n) is 8.84. The smallest absolute Gasteiger partial charge is 0.339 e. The van der Waals surface area contributed by atoms with Gasteiger partial charge in [0.1, 0.15) is 11.3 Å². The number of sulfone groups is 1. The molecule has 16 heavy (non-hydrogen) atoms. The van der Waals surface area contributed by atoms with Crippen LogP contribution >= 0.6 is 0 Å². The van der Waals surface area contributed by atoms with Crippen molar-refractivity contribution in [2.24, 2.45) is 0 Å². The zero-order valence-corrected chi connectivity index (χ0v) is 9.65. The number of carboxylic acid groups (broad SMARTS) is 1. The van der Waals surface area contributed by atoms with Crippen molar-refractivity contribution in [3.8, 4) is 5.75 Å². The Bertz CT molecular complexity index is 516. The molecule has 0 saturated carbocycles. The van der Waals surface area contributed by atoms with E-state index in [0.29, 0.717) is 0 Å². The van der Waals surface area contributed by atoms with Crippen molar-refractivity contribution in [2.75, 3.05) is 0 Å². The molecule has 0 bridgehead atoms. The second-order valence-electron chi connectivity index (χ2n) is 3.58. The first-order chi connectivity index (χ1) is 7.26. The van der Waals surface area contributed by atoms with Gasteiger partial charge in [-0.05, 0) is 32.0 Å². The molecule has 0 atom stereocenters. The Hall–Kier alpha value is -1.56. The summed E-state index contributed by atoms with van der Waals surface area (Å²) in [5.74, 6) is -1.81. The van der Waals surface area contributed by atoms with E-state index in [9.17, 15) is 18.3 Å². The molecule has 5 nitrogen and oxygen atoms in total. The van der Waals surface area contributed by atoms with Crippen LogP contribution in [0.25, 0.3) is 0 Å². The second-order valence-corrected chi connectivity index (χ2v) is 6.08. The zero-order chi connectivity index (χ0) is 12.5. The average Bonchev–Trinajstić information content (AvgIpc) is 2.17. The Morgan fingerprint density at radius 3 is 2.31 bits per heavy atom. The molecule has 1 rings (SSSR count). The molecule has 2 N–H and O–H groups in total. The van der Waals surface area contributed by atoms with Gasteiger partial charge in [0, 0.05) is 0 Å². The van der Waals surface area contributed by atoms with E-state index >= 15 is 0 Å². The second kappa shape index (κ2) is 4.13. The van der Waals surface area contributed by atoms with Crippen LogP contribution in [0.2, 0.25) is 0 Å². The highest BCUT2D eigenvalue weighted by Gasteiger charge is 2.21. The average molecular weight is 244 g/mol. The fourth-order valence-electron chi connectivity index (χ4n) is 1.14. The lowest BCUT2D eigenvalue weighted by Gasteiger charge is -2.08. The van der Waals surface area contributed by atoms with Gasteiger partial charge >= 0.3 is 5.97 Å². The summed E-state index contributed by atoms with van der Waals surface area (Å²) in [5.41, 5.74) is -0.415. The quantitative estimate of drug-likeness (QED) is 0.835. The number of hydrogen-bond acceptors (Lipinski definition) is 4. The molecule has 1 aromatic rings. The first-order valence-electron chi connectivity index (χ1n) is 4.57. The minimum absolute atomic E-state index is 0.0994. The van der Waals surface area contributed by atoms with Crippen LogP contribution in [0.1, 0.15) is 24.2 Å². The molecule has 0 fully saturated rings. The van der Waals surface area contributed by atoms with E-state index in [1.54, 1.807) is 0 Å². The number of aromatic carboxylic acids is 1. The fourth-order valence-corrected chi connectivity index (χ4v) is 2.22. The molecule has 0 aliphatic heterocycles. The van der Waals surface area contributed by atoms with Gasteiger partial charge in [0.15, 0.2) is 9.84 Å². The van der Waals surface area contributed by atoms with E-state index in [0.717, 1.165) is 12.1 Å². The van der Waals surface area contributed by atoms with Crippen LogP contribution in [0.15, 0.2) is 23.1 Å². The number of rotatable bonds is 3. The summed E-state index contributed by atoms with van der Waals surface area (Å²) in [6.45, 7) is 3.01. The van der Waals surface area contributed by atoms with Crippen LogP contribution in [-0.4, -0.2) is 29.9 Å². The SMILES string of the molecule is CC(C)S(=O)(=O)c1ccc(O)c(C(=O)O)c1. The number of aromatic hydroxyl groups is 1. The van der Waals surface area contributed by atoms with E-state index in [-0.39, 0.29) is 4.90 Å². The normalized spacial score (nSPS) is 11.7. The maximum absolute atomic E-state index is 11.7. The molecule has 0 aliphatic carbocycles. The Kier molecular flexibility index (Phi) is 3.23. The molecule has 0 saturated heterocycles. The summed E-state index contributed by atoms with van der Waals surface area (Å²) in [6, 6.07) is 3.23. The van der Waals surface area contributed by atoms with E-state index in [4.69, 9.17) is 5.11 Å². The van der Waals surface area contributed by atoms with Crippen LogP contribution in [0.4, 0.5) is 0 Å². The largest absolute Gasteiger partial charge is 0.507 e. The molecule has 6 heteroatoms. The number of phenols is 1. The van der Waals surface area contributed by atoms with Crippen LogP contribution in [0.5, 0.6) is 5.75 Å². The first kappa shape index (κ1) is 12.5. The maximum atomic E-state index is 11.7. The fraction of sp³-hybridized carbons (Fsp3) is 0.300. The van der Waals surface area contributed by atoms with E-state index in [1.165, 1.54) is 19.9 Å². The van der Waals surface area contributed by atoms with Crippen molar-refractivity contribution in [3.63, 3.8) is 0 Å². The van der Waals surface area contributed by atoms with Gasteiger partial charge in [-0.1, -0.05) is 0 Å². The highest BCUT2D eigenvalue weighted by molar-refractivity contribution is 7.92. The Morgan fingerprint density at radius 1 is 1.31 bits per heavy atom. The Morgan fingerprint density at radius 2 is 1.88 bits per heavy atom. The van der Waals surface area contributed by atoms with Gasteiger partial charge in [0.25, 0.3) is 0 Å². The highest BCUT2D eigenvalue weighted by atomic mass is 32.2. The third-order valence-electron chi connectivity index (χ3n) is 2.15. The van der Waals surface area contributed by atoms with Gasteiger partial charge in [0.05, 0.1) is 10.1 Å². The molecule has 0 unspecified atom stereocenters. The monoisotopic (exact) mass is 244 g/mol. The minimum atomic E-state index is -3.52. The molecule has 0 radical (unpaired) electrons. The number of hydrogen-bond donors (Lipinski definition) is 2. The number of carbonyl (C=O) groups is 1. The molecule has 0 aliphatic rings. The number of carboxylic acids is 1. The van der Waals surface area contributed by atoms with Gasteiger partial charge in [-0.3, -0.25) is 0 Å². The van der Waals surface area contributed by atoms with Gasteiger partial charge in [-0.25, -0.2) is 13.2 Å². The third kappa shape index (κ3) is 2.16. The van der Waals surface area contributed by atoms with Crippen molar-refractivity contribution in [3.05, 3.63) is 23.8 Å². The first-order valence-corrected chi connectivity index (χ1v) is 6.11. The predicted octanol–water partition coefficient (Wildman–Crippen LogP) is 1.27. The van der Waals surface area contributed by atoms with Crippen molar-refractivity contribution in [1.82, 2.24) is 0 Å². The van der Waals surface area contributed by atoms with Crippen LogP contribution < -0.4 is 0 Å². The lowest BCUT2D eigenvalue weighted by atomic mass is 10.2. The maximum Gasteiger partial charge on any atom is 0.339 e. The Balaban J connectivity index is 3.40. The summed E-state index contributed by atoms with van der Waals surface area (Å²) < 4.78 is 23.5. The lowest BCUT2D eigenvalue weighted by Crippen LogP contribution is -2.14. The highest BCUT2D eigenvalue weighted by Crippen LogP contribution is 2.23. The van der Waals surface area contributed by atoms with Crippen LogP contribution in [0, 0.1) is 0 Å².